The molecule has 0 amide bonds. The Morgan fingerprint density at radius 3 is 1.21 bits per heavy atom. The van der Waals surface area contributed by atoms with Gasteiger partial charge in [-0.05, 0) is 66.7 Å². The number of carboxylic acids is 2. The smallest absolute Gasteiger partial charge is 0.332 e. The first-order valence-electron chi connectivity index (χ1n) is 18.9. The van der Waals surface area contributed by atoms with E-state index in [1.54, 1.807) is 19.9 Å². The molecule has 0 radical (unpaired) electrons. The van der Waals surface area contributed by atoms with E-state index in [2.05, 4.69) is 19.1 Å². The lowest BCUT2D eigenvalue weighted by Crippen LogP contribution is -2.28. The van der Waals surface area contributed by atoms with Crippen molar-refractivity contribution in [2.24, 2.45) is 23.7 Å². The molecular formula is C46H62N2O9. The Morgan fingerprint density at radius 2 is 0.947 bits per heavy atom. The van der Waals surface area contributed by atoms with Crippen molar-refractivity contribution < 1.29 is 39.7 Å². The van der Waals surface area contributed by atoms with E-state index in [0.29, 0.717) is 18.8 Å². The minimum atomic E-state index is -1.28. The number of carbonyl (C=O) groups excluding carboxylic acids is 1. The van der Waals surface area contributed by atoms with Gasteiger partial charge in [0.1, 0.15) is 6.29 Å². The molecule has 0 fully saturated rings. The molecule has 0 spiro atoms. The van der Waals surface area contributed by atoms with Crippen LogP contribution in [-0.4, -0.2) is 62.3 Å². The summed E-state index contributed by atoms with van der Waals surface area (Å²) >= 11 is 0. The zero-order chi connectivity index (χ0) is 43.6. The van der Waals surface area contributed by atoms with Crippen LogP contribution in [0.25, 0.3) is 0 Å². The van der Waals surface area contributed by atoms with Crippen LogP contribution < -0.4 is 0 Å². The van der Waals surface area contributed by atoms with Crippen LogP contribution in [0, 0.1) is 45.1 Å². The van der Waals surface area contributed by atoms with Gasteiger partial charge in [-0.15, -0.1) is 0 Å². The summed E-state index contributed by atoms with van der Waals surface area (Å²) in [5.41, 5.74) is 4.64. The van der Waals surface area contributed by atoms with Crippen molar-refractivity contribution in [2.45, 2.75) is 86.4 Å². The summed E-state index contributed by atoms with van der Waals surface area (Å²) in [6, 6.07) is 41.3. The molecular weight excluding hydrogens is 725 g/mol. The number of aliphatic hydroxyl groups is 2. The monoisotopic (exact) mass is 786 g/mol. The van der Waals surface area contributed by atoms with Gasteiger partial charge >= 0.3 is 11.9 Å². The molecule has 0 saturated carbocycles. The highest BCUT2D eigenvalue weighted by Crippen LogP contribution is 2.13. The van der Waals surface area contributed by atoms with Crippen LogP contribution in [0.4, 0.5) is 0 Å². The topological polar surface area (TPSA) is 199 Å². The van der Waals surface area contributed by atoms with Gasteiger partial charge in [0.2, 0.25) is 6.54 Å². The number of benzene rings is 4. The first kappa shape index (κ1) is 53.4. The number of nitriles is 1. The maximum Gasteiger partial charge on any atom is 0.332 e. The van der Waals surface area contributed by atoms with Crippen LogP contribution in [0.3, 0.4) is 0 Å². The van der Waals surface area contributed by atoms with Crippen molar-refractivity contribution in [3.63, 3.8) is 0 Å². The minimum absolute atomic E-state index is 0.0278. The Labute approximate surface area is 338 Å². The van der Waals surface area contributed by atoms with Gasteiger partial charge in [-0.25, -0.2) is 4.79 Å². The maximum atomic E-state index is 10.5. The van der Waals surface area contributed by atoms with E-state index in [4.69, 9.17) is 15.5 Å². The molecule has 4 aromatic carbocycles. The van der Waals surface area contributed by atoms with Gasteiger partial charge in [-0.3, -0.25) is 14.9 Å². The van der Waals surface area contributed by atoms with Gasteiger partial charge in [0, 0.05) is 24.7 Å². The predicted molar refractivity (Wildman–Crippen MR) is 225 cm³/mol. The number of aldehydes is 1. The first-order valence-corrected chi connectivity index (χ1v) is 18.9. The molecule has 4 rings (SSSR count). The van der Waals surface area contributed by atoms with Crippen LogP contribution >= 0.6 is 0 Å². The molecule has 6 atom stereocenters. The average Bonchev–Trinajstić information content (AvgIpc) is 3.20. The van der Waals surface area contributed by atoms with Crippen LogP contribution in [0.5, 0.6) is 0 Å². The largest absolute Gasteiger partial charge is 0.481 e. The van der Waals surface area contributed by atoms with E-state index < -0.39 is 18.0 Å². The van der Waals surface area contributed by atoms with E-state index >= 15 is 0 Å². The number of hydrogen-bond donors (Lipinski definition) is 4. The second-order valence-corrected chi connectivity index (χ2v) is 13.5. The van der Waals surface area contributed by atoms with Crippen molar-refractivity contribution in [3.8, 4) is 6.07 Å². The number of carbonyl (C=O) groups is 3. The average molecular weight is 787 g/mol. The van der Waals surface area contributed by atoms with E-state index in [1.165, 1.54) is 25.0 Å². The molecule has 6 unspecified atom stereocenters. The standard InChI is InChI=1S/C11H14O3.C11H16O.C10H12O2.C10H12O.C2H5NO2.C2H3N/c1-8(10(12)11(13)14)7-9-5-3-2-4-6-9;1-9(10(2)12)8-11-6-4-3-5-7-11;1-8(10(11)12)7-9-5-3-2-4-6-9;1-9(8-11)7-10-5-3-2-4-6-10;1-2-3(4)5;1-2-3/h2-6,8,10,12H,7H2,1H3,(H,13,14);3-7,9-10,12H,8H2,1-2H3;2-6,8H,7H2,1H3,(H,11,12);2-6,8-9H,7H2,1H3;2H2,1H3;1H3. The molecule has 0 aliphatic heterocycles. The highest BCUT2D eigenvalue weighted by atomic mass is 16.6. The third-order valence-corrected chi connectivity index (χ3v) is 8.11. The number of hydrogen-bond acceptors (Lipinski definition) is 8. The minimum Gasteiger partial charge on any atom is -0.481 e. The summed E-state index contributed by atoms with van der Waals surface area (Å²) in [4.78, 5) is 40.1. The van der Waals surface area contributed by atoms with E-state index in [1.807, 2.05) is 123 Å². The summed E-state index contributed by atoms with van der Waals surface area (Å²) in [6.07, 6.45) is 2.49. The quantitative estimate of drug-likeness (QED) is 0.0547. The maximum absolute atomic E-state index is 10.5. The summed E-state index contributed by atoms with van der Waals surface area (Å²) in [5.74, 6) is -1.99. The van der Waals surface area contributed by atoms with E-state index in [-0.39, 0.29) is 35.3 Å². The van der Waals surface area contributed by atoms with Crippen molar-refractivity contribution in [1.29, 1.82) is 5.26 Å². The van der Waals surface area contributed by atoms with Crippen molar-refractivity contribution in [2.75, 3.05) is 6.54 Å². The van der Waals surface area contributed by atoms with Crippen molar-refractivity contribution in [3.05, 3.63) is 154 Å². The molecule has 310 valence electrons. The van der Waals surface area contributed by atoms with Gasteiger partial charge in [0.25, 0.3) is 0 Å². The van der Waals surface area contributed by atoms with Crippen LogP contribution in [0.15, 0.2) is 121 Å². The normalized spacial score (nSPS) is 12.7. The Morgan fingerprint density at radius 1 is 0.649 bits per heavy atom. The fourth-order valence-corrected chi connectivity index (χ4v) is 4.59. The fourth-order valence-electron chi connectivity index (χ4n) is 4.59. The second kappa shape index (κ2) is 33.6. The van der Waals surface area contributed by atoms with E-state index in [0.717, 1.165) is 30.3 Å². The number of nitro groups is 1. The third-order valence-electron chi connectivity index (χ3n) is 8.11. The van der Waals surface area contributed by atoms with Crippen molar-refractivity contribution >= 4 is 18.2 Å². The molecule has 0 aliphatic rings. The SMILES string of the molecule is CC#N.CC(C=O)Cc1ccccc1.CC(Cc1ccccc1)C(=O)O.CC(Cc1ccccc1)C(O)C(=O)O.CC(O)C(C)Cc1ccccc1.CC[N+](=O)[O-]. The lowest BCUT2D eigenvalue weighted by molar-refractivity contribution is -0.475. The Balaban J connectivity index is 0. The predicted octanol–water partition coefficient (Wildman–Crippen LogP) is 8.38. The molecule has 11 nitrogen and oxygen atoms in total. The second-order valence-electron chi connectivity index (χ2n) is 13.5. The summed E-state index contributed by atoms with van der Waals surface area (Å²) in [5, 5.41) is 52.3. The molecule has 0 aliphatic carbocycles. The van der Waals surface area contributed by atoms with Crippen LogP contribution in [0.2, 0.25) is 0 Å². The van der Waals surface area contributed by atoms with E-state index in [9.17, 15) is 34.7 Å². The number of nitrogens with zero attached hydrogens (tertiary/aromatic N) is 2. The summed E-state index contributed by atoms with van der Waals surface area (Å²) in [6.45, 7) is 12.2. The molecule has 4 N–H and O–H groups in total. The van der Waals surface area contributed by atoms with Gasteiger partial charge < -0.3 is 25.2 Å². The summed E-state index contributed by atoms with van der Waals surface area (Å²) < 4.78 is 0. The molecule has 11 heteroatoms. The van der Waals surface area contributed by atoms with Gasteiger partial charge in [-0.1, -0.05) is 149 Å². The lowest BCUT2D eigenvalue weighted by atomic mass is 9.96. The molecule has 0 bridgehead atoms. The first-order chi connectivity index (χ1) is 27.0. The summed E-state index contributed by atoms with van der Waals surface area (Å²) in [7, 11) is 0. The molecule has 0 saturated heterocycles. The van der Waals surface area contributed by atoms with Crippen molar-refractivity contribution in [1.82, 2.24) is 0 Å². The highest BCUT2D eigenvalue weighted by molar-refractivity contribution is 5.72. The molecule has 0 aromatic heterocycles. The fraction of sp³-hybridized carbons (Fsp3) is 0.391. The van der Waals surface area contributed by atoms with Gasteiger partial charge in [0.05, 0.1) is 18.1 Å². The lowest BCUT2D eigenvalue weighted by Gasteiger charge is -2.14. The zero-order valence-electron chi connectivity index (χ0n) is 34.3. The highest BCUT2D eigenvalue weighted by Gasteiger charge is 2.21. The number of carboxylic acid groups (broad SMARTS) is 2. The van der Waals surface area contributed by atoms with Crippen LogP contribution in [0.1, 0.15) is 70.7 Å². The Hall–Kier alpha value is -5.70. The van der Waals surface area contributed by atoms with Gasteiger partial charge in [-0.2, -0.15) is 5.26 Å². The Bertz CT molecular complexity index is 1650. The molecule has 0 heterocycles. The number of aliphatic hydroxyl groups excluding tert-OH is 2. The molecule has 57 heavy (non-hydrogen) atoms. The molecule has 4 aromatic rings. The number of aliphatic carboxylic acids is 2. The van der Waals surface area contributed by atoms with Gasteiger partial charge in [0.15, 0.2) is 6.10 Å². The van der Waals surface area contributed by atoms with Crippen LogP contribution in [-0.2, 0) is 40.1 Å². The Kier molecular flexibility index (Phi) is 31.5. The zero-order valence-corrected chi connectivity index (χ0v) is 34.3. The number of rotatable bonds is 14. The third kappa shape index (κ3) is 30.2.